The van der Waals surface area contributed by atoms with Crippen LogP contribution in [0.3, 0.4) is 0 Å². The Morgan fingerprint density at radius 3 is 2.63 bits per heavy atom. The van der Waals surface area contributed by atoms with Crippen molar-refractivity contribution in [2.45, 2.75) is 32.2 Å². The Morgan fingerprint density at radius 1 is 1.19 bits per heavy atom. The molecule has 0 N–H and O–H groups in total. The highest BCUT2D eigenvalue weighted by molar-refractivity contribution is 7.99. The second-order valence-electron chi connectivity index (χ2n) is 6.11. The van der Waals surface area contributed by atoms with Gasteiger partial charge in [0.25, 0.3) is 0 Å². The zero-order valence-corrected chi connectivity index (χ0v) is 16.4. The number of ketones is 1. The van der Waals surface area contributed by atoms with E-state index in [4.69, 9.17) is 4.74 Å². The largest absolute Gasteiger partial charge is 0.466 e. The molecule has 0 spiro atoms. The number of ether oxygens (including phenoxy) is 1. The molecule has 7 heteroatoms. The van der Waals surface area contributed by atoms with Crippen LogP contribution in [0.4, 0.5) is 0 Å². The van der Waals surface area contributed by atoms with E-state index in [2.05, 4.69) is 10.1 Å². The number of benzene rings is 1. The second-order valence-corrected chi connectivity index (χ2v) is 7.10. The number of fused-ring (bicyclic) bond motifs is 1. The van der Waals surface area contributed by atoms with Gasteiger partial charge in [-0.1, -0.05) is 42.1 Å². The summed E-state index contributed by atoms with van der Waals surface area (Å²) >= 11 is 1.35. The first-order valence-electron chi connectivity index (χ1n) is 8.72. The molecule has 0 bridgehead atoms. The van der Waals surface area contributed by atoms with Crippen LogP contribution in [0.15, 0.2) is 41.4 Å². The predicted molar refractivity (Wildman–Crippen MR) is 105 cm³/mol. The molecule has 0 saturated heterocycles. The molecule has 0 unspecified atom stereocenters. The maximum Gasteiger partial charge on any atom is 0.313 e. The fourth-order valence-corrected chi connectivity index (χ4v) is 3.75. The van der Waals surface area contributed by atoms with Crippen molar-refractivity contribution in [1.82, 2.24) is 14.6 Å². The molecule has 2 heterocycles. The van der Waals surface area contributed by atoms with E-state index in [9.17, 15) is 9.59 Å². The molecule has 0 aliphatic rings. The zero-order chi connectivity index (χ0) is 19.4. The van der Waals surface area contributed by atoms with Gasteiger partial charge in [-0.05, 0) is 32.4 Å². The van der Waals surface area contributed by atoms with Gasteiger partial charge in [0.2, 0.25) is 0 Å². The Labute approximate surface area is 161 Å². The smallest absolute Gasteiger partial charge is 0.313 e. The SMILES string of the molecule is CCOC(=O)CC(=O)CSc1cc(C)nc2c(-c3ccccc3)c(C)nn12. The van der Waals surface area contributed by atoms with Gasteiger partial charge < -0.3 is 4.74 Å². The molecular weight excluding hydrogens is 362 g/mol. The maximum atomic E-state index is 12.0. The number of nitrogens with zero attached hydrogens (tertiary/aromatic N) is 3. The highest BCUT2D eigenvalue weighted by Gasteiger charge is 2.17. The van der Waals surface area contributed by atoms with Gasteiger partial charge in [-0.15, -0.1) is 0 Å². The summed E-state index contributed by atoms with van der Waals surface area (Å²) in [5, 5.41) is 5.45. The molecule has 6 nitrogen and oxygen atoms in total. The molecule has 1 aromatic carbocycles. The third kappa shape index (κ3) is 4.36. The van der Waals surface area contributed by atoms with Gasteiger partial charge >= 0.3 is 5.97 Å². The lowest BCUT2D eigenvalue weighted by molar-refractivity contribution is -0.145. The molecule has 0 atom stereocenters. The number of hydrogen-bond donors (Lipinski definition) is 0. The van der Waals surface area contributed by atoms with Gasteiger partial charge in [0.05, 0.1) is 18.1 Å². The zero-order valence-electron chi connectivity index (χ0n) is 15.6. The number of carbonyl (C=O) groups excluding carboxylic acids is 2. The Hall–Kier alpha value is -2.67. The van der Waals surface area contributed by atoms with Crippen LogP contribution in [0.5, 0.6) is 0 Å². The summed E-state index contributed by atoms with van der Waals surface area (Å²) in [5.41, 5.74) is 4.52. The topological polar surface area (TPSA) is 73.6 Å². The van der Waals surface area contributed by atoms with E-state index >= 15 is 0 Å². The Kier molecular flexibility index (Phi) is 5.91. The number of aryl methyl sites for hydroxylation is 2. The number of esters is 1. The molecule has 2 aromatic heterocycles. The highest BCUT2D eigenvalue weighted by Crippen LogP contribution is 2.30. The first-order chi connectivity index (χ1) is 13.0. The molecule has 3 aromatic rings. The summed E-state index contributed by atoms with van der Waals surface area (Å²) in [6.45, 7) is 5.87. The van der Waals surface area contributed by atoms with Crippen LogP contribution < -0.4 is 0 Å². The van der Waals surface area contributed by atoms with Crippen LogP contribution >= 0.6 is 11.8 Å². The van der Waals surface area contributed by atoms with Crippen molar-refractivity contribution in [1.29, 1.82) is 0 Å². The molecule has 27 heavy (non-hydrogen) atoms. The van der Waals surface area contributed by atoms with Gasteiger partial charge in [-0.3, -0.25) is 9.59 Å². The molecule has 0 fully saturated rings. The number of aromatic nitrogens is 3. The highest BCUT2D eigenvalue weighted by atomic mass is 32.2. The van der Waals surface area contributed by atoms with E-state index < -0.39 is 5.97 Å². The van der Waals surface area contributed by atoms with E-state index in [0.717, 1.165) is 33.2 Å². The summed E-state index contributed by atoms with van der Waals surface area (Å²) in [5.74, 6) is -0.481. The third-order valence-corrected chi connectivity index (χ3v) is 5.00. The van der Waals surface area contributed by atoms with E-state index in [1.165, 1.54) is 11.8 Å². The molecule has 0 saturated carbocycles. The molecule has 0 radical (unpaired) electrons. The van der Waals surface area contributed by atoms with Gasteiger partial charge in [-0.2, -0.15) is 5.10 Å². The van der Waals surface area contributed by atoms with Gasteiger partial charge in [0.1, 0.15) is 11.4 Å². The maximum absolute atomic E-state index is 12.0. The van der Waals surface area contributed by atoms with Crippen LogP contribution in [-0.2, 0) is 14.3 Å². The summed E-state index contributed by atoms with van der Waals surface area (Å²) in [7, 11) is 0. The first kappa shape index (κ1) is 19.1. The van der Waals surface area contributed by atoms with Gasteiger partial charge in [0.15, 0.2) is 11.4 Å². The average molecular weight is 383 g/mol. The molecule has 0 amide bonds. The summed E-state index contributed by atoms with van der Waals surface area (Å²) in [6.07, 6.45) is -0.207. The summed E-state index contributed by atoms with van der Waals surface area (Å²) in [4.78, 5) is 28.2. The molecule has 140 valence electrons. The Bertz CT molecular complexity index is 983. The third-order valence-electron chi connectivity index (χ3n) is 3.95. The van der Waals surface area contributed by atoms with Crippen molar-refractivity contribution in [2.75, 3.05) is 12.4 Å². The van der Waals surface area contributed by atoms with Crippen molar-refractivity contribution >= 4 is 29.2 Å². The summed E-state index contributed by atoms with van der Waals surface area (Å²) in [6, 6.07) is 11.9. The van der Waals surface area contributed by atoms with Gasteiger partial charge in [-0.25, -0.2) is 9.50 Å². The van der Waals surface area contributed by atoms with Crippen LogP contribution in [0.2, 0.25) is 0 Å². The molecule has 0 aliphatic carbocycles. The predicted octanol–water partition coefficient (Wildman–Crippen LogP) is 3.63. The van der Waals surface area contributed by atoms with E-state index in [1.54, 1.807) is 11.4 Å². The number of carbonyl (C=O) groups is 2. The number of Topliss-reactive ketones (excluding diaryl/α,β-unsaturated/α-hetero) is 1. The van der Waals surface area contributed by atoms with Crippen LogP contribution in [0, 0.1) is 13.8 Å². The second kappa shape index (κ2) is 8.35. The normalized spacial score (nSPS) is 10.9. The van der Waals surface area contributed by atoms with Crippen molar-refractivity contribution in [3.63, 3.8) is 0 Å². The number of thioether (sulfide) groups is 1. The van der Waals surface area contributed by atoms with Crippen LogP contribution in [0.1, 0.15) is 24.7 Å². The monoisotopic (exact) mass is 383 g/mol. The first-order valence-corrected chi connectivity index (χ1v) is 9.70. The van der Waals surface area contributed by atoms with E-state index in [0.29, 0.717) is 0 Å². The lowest BCUT2D eigenvalue weighted by atomic mass is 10.1. The van der Waals surface area contributed by atoms with Crippen LogP contribution in [-0.4, -0.2) is 38.7 Å². The fraction of sp³-hybridized carbons (Fsp3) is 0.300. The van der Waals surface area contributed by atoms with Crippen molar-refractivity contribution in [2.24, 2.45) is 0 Å². The minimum Gasteiger partial charge on any atom is -0.466 e. The Balaban J connectivity index is 1.89. The van der Waals surface area contributed by atoms with Gasteiger partial charge in [0, 0.05) is 11.3 Å². The van der Waals surface area contributed by atoms with Crippen molar-refractivity contribution < 1.29 is 14.3 Å². The number of hydrogen-bond acceptors (Lipinski definition) is 6. The summed E-state index contributed by atoms with van der Waals surface area (Å²) < 4.78 is 6.60. The van der Waals surface area contributed by atoms with Crippen LogP contribution in [0.25, 0.3) is 16.8 Å². The molecule has 3 rings (SSSR count). The Morgan fingerprint density at radius 2 is 1.93 bits per heavy atom. The lowest BCUT2D eigenvalue weighted by Gasteiger charge is -2.07. The molecule has 0 aliphatic heterocycles. The van der Waals surface area contributed by atoms with E-state index in [-0.39, 0.29) is 24.6 Å². The average Bonchev–Trinajstić information content (AvgIpc) is 2.96. The van der Waals surface area contributed by atoms with Crippen molar-refractivity contribution in [3.05, 3.63) is 47.8 Å². The quantitative estimate of drug-likeness (QED) is 0.268. The fourth-order valence-electron chi connectivity index (χ4n) is 2.84. The molecular formula is C20H21N3O3S. The minimum atomic E-state index is -0.486. The number of rotatable bonds is 7. The standard InChI is InChI=1S/C20H21N3O3S/c1-4-26-18(25)11-16(24)12-27-17-10-13(2)21-20-19(14(3)22-23(17)20)15-8-6-5-7-9-15/h5-10H,4,11-12H2,1-3H3. The van der Waals surface area contributed by atoms with E-state index in [1.807, 2.05) is 50.2 Å². The van der Waals surface area contributed by atoms with Crippen molar-refractivity contribution in [3.8, 4) is 11.1 Å². The lowest BCUT2D eigenvalue weighted by Crippen LogP contribution is -2.13. The minimum absolute atomic E-state index is 0.173.